The van der Waals surface area contributed by atoms with Gasteiger partial charge in [-0.2, -0.15) is 0 Å². The van der Waals surface area contributed by atoms with Gasteiger partial charge >= 0.3 is 0 Å². The number of carbonyl (C=O) groups excluding carboxylic acids is 1. The van der Waals surface area contributed by atoms with Gasteiger partial charge in [-0.3, -0.25) is 4.79 Å². The fourth-order valence-electron chi connectivity index (χ4n) is 3.64. The molecule has 1 amide bonds. The summed E-state index contributed by atoms with van der Waals surface area (Å²) in [6.07, 6.45) is 3.66. The molecule has 0 spiro atoms. The van der Waals surface area contributed by atoms with Crippen molar-refractivity contribution in [3.8, 4) is 0 Å². The smallest absolute Gasteiger partial charge is 0.251 e. The van der Waals surface area contributed by atoms with Crippen molar-refractivity contribution in [3.63, 3.8) is 0 Å². The van der Waals surface area contributed by atoms with Gasteiger partial charge in [-0.25, -0.2) is 9.37 Å². The summed E-state index contributed by atoms with van der Waals surface area (Å²) >= 11 is 5.76. The Hall–Kier alpha value is -2.66. The lowest BCUT2D eigenvalue weighted by molar-refractivity contribution is 0.0926. The lowest BCUT2D eigenvalue weighted by Gasteiger charge is -2.30. The first-order valence-electron chi connectivity index (χ1n) is 9.47. The average Bonchev–Trinajstić information content (AvgIpc) is 2.71. The highest BCUT2D eigenvalue weighted by molar-refractivity contribution is 6.31. The first kappa shape index (κ1) is 18.7. The lowest BCUT2D eigenvalue weighted by atomic mass is 9.91. The van der Waals surface area contributed by atoms with Crippen LogP contribution < -0.4 is 10.6 Å². The number of amides is 1. The largest absolute Gasteiger partial charge is 0.367 e. The minimum atomic E-state index is -0.521. The molecule has 0 atom stereocenters. The monoisotopic (exact) mass is 397 g/mol. The Kier molecular flexibility index (Phi) is 5.44. The summed E-state index contributed by atoms with van der Waals surface area (Å²) in [4.78, 5) is 17.0. The molecule has 2 N–H and O–H groups in total. The highest BCUT2D eigenvalue weighted by Gasteiger charge is 2.23. The standard InChI is InChI=1S/C22H21ClFN3O/c23-18-13-15(5-11-19(18)24)22(28)26-17-9-7-16(8-10-17)25-21-12-6-14-3-1-2-4-20(14)27-21/h1-6,11-13,16-17H,7-10H2,(H,25,27)(H,26,28). The molecule has 3 aromatic rings. The highest BCUT2D eigenvalue weighted by Crippen LogP contribution is 2.24. The highest BCUT2D eigenvalue weighted by atomic mass is 35.5. The second-order valence-corrected chi connectivity index (χ2v) is 7.59. The zero-order chi connectivity index (χ0) is 19.5. The molecule has 0 radical (unpaired) electrons. The molecule has 2 aromatic carbocycles. The fraction of sp³-hybridized carbons (Fsp3) is 0.273. The topological polar surface area (TPSA) is 54.0 Å². The first-order valence-corrected chi connectivity index (χ1v) is 9.84. The van der Waals surface area contributed by atoms with Gasteiger partial charge in [0.05, 0.1) is 10.5 Å². The normalized spacial score (nSPS) is 19.4. The third-order valence-electron chi connectivity index (χ3n) is 5.19. The Morgan fingerprint density at radius 1 is 1.00 bits per heavy atom. The number of hydrogen-bond donors (Lipinski definition) is 2. The van der Waals surface area contributed by atoms with Crippen LogP contribution in [0.3, 0.4) is 0 Å². The number of aromatic nitrogens is 1. The molecule has 28 heavy (non-hydrogen) atoms. The number of nitrogens with zero attached hydrogens (tertiary/aromatic N) is 1. The van der Waals surface area contributed by atoms with Gasteiger partial charge in [0, 0.05) is 23.0 Å². The maximum Gasteiger partial charge on any atom is 0.251 e. The zero-order valence-electron chi connectivity index (χ0n) is 15.3. The Balaban J connectivity index is 1.31. The molecule has 1 aliphatic rings. The summed E-state index contributed by atoms with van der Waals surface area (Å²) in [6, 6.07) is 16.6. The average molecular weight is 398 g/mol. The SMILES string of the molecule is O=C(NC1CCC(Nc2ccc3ccccc3n2)CC1)c1ccc(F)c(Cl)c1. The second-order valence-electron chi connectivity index (χ2n) is 7.18. The van der Waals surface area contributed by atoms with E-state index < -0.39 is 5.82 Å². The lowest BCUT2D eigenvalue weighted by Crippen LogP contribution is -2.40. The number of rotatable bonds is 4. The third kappa shape index (κ3) is 4.25. The molecule has 4 nitrogen and oxygen atoms in total. The third-order valence-corrected chi connectivity index (χ3v) is 5.48. The zero-order valence-corrected chi connectivity index (χ0v) is 16.0. The fourth-order valence-corrected chi connectivity index (χ4v) is 3.82. The van der Waals surface area contributed by atoms with Gasteiger partial charge in [0.1, 0.15) is 11.6 Å². The molecule has 1 saturated carbocycles. The Morgan fingerprint density at radius 3 is 2.54 bits per heavy atom. The number of carbonyl (C=O) groups is 1. The molecular formula is C22H21ClFN3O. The molecule has 0 unspecified atom stereocenters. The van der Waals surface area contributed by atoms with Gasteiger partial charge < -0.3 is 10.6 Å². The minimum Gasteiger partial charge on any atom is -0.367 e. The molecular weight excluding hydrogens is 377 g/mol. The van der Waals surface area contributed by atoms with E-state index in [1.807, 2.05) is 30.3 Å². The number of anilines is 1. The van der Waals surface area contributed by atoms with E-state index in [-0.39, 0.29) is 17.0 Å². The summed E-state index contributed by atoms with van der Waals surface area (Å²) in [5, 5.41) is 7.62. The molecule has 1 aromatic heterocycles. The first-order chi connectivity index (χ1) is 13.6. The second kappa shape index (κ2) is 8.15. The Labute approximate surface area is 168 Å². The maximum absolute atomic E-state index is 13.3. The van der Waals surface area contributed by atoms with Crippen LogP contribution in [-0.2, 0) is 0 Å². The maximum atomic E-state index is 13.3. The van der Waals surface area contributed by atoms with E-state index >= 15 is 0 Å². The predicted octanol–water partition coefficient (Wildman–Crippen LogP) is 5.18. The van der Waals surface area contributed by atoms with E-state index in [1.54, 1.807) is 0 Å². The van der Waals surface area contributed by atoms with Crippen molar-refractivity contribution in [1.29, 1.82) is 0 Å². The van der Waals surface area contributed by atoms with Crippen molar-refractivity contribution in [1.82, 2.24) is 10.3 Å². The summed E-state index contributed by atoms with van der Waals surface area (Å²) in [7, 11) is 0. The number of pyridine rings is 1. The van der Waals surface area contributed by atoms with Crippen LogP contribution in [0.4, 0.5) is 10.2 Å². The molecule has 6 heteroatoms. The van der Waals surface area contributed by atoms with E-state index in [0.717, 1.165) is 42.4 Å². The summed E-state index contributed by atoms with van der Waals surface area (Å²) in [5.74, 6) is 0.147. The van der Waals surface area contributed by atoms with Crippen LogP contribution in [0.2, 0.25) is 5.02 Å². The molecule has 4 rings (SSSR count). The number of halogens is 2. The summed E-state index contributed by atoms with van der Waals surface area (Å²) in [5.41, 5.74) is 1.36. The van der Waals surface area contributed by atoms with Crippen LogP contribution in [0.5, 0.6) is 0 Å². The number of benzene rings is 2. The Morgan fingerprint density at radius 2 is 1.75 bits per heavy atom. The predicted molar refractivity (Wildman–Crippen MR) is 110 cm³/mol. The minimum absolute atomic E-state index is 0.0385. The van der Waals surface area contributed by atoms with E-state index in [1.165, 1.54) is 18.2 Å². The summed E-state index contributed by atoms with van der Waals surface area (Å²) < 4.78 is 13.3. The molecule has 0 saturated heterocycles. The van der Waals surface area contributed by atoms with Crippen LogP contribution in [0, 0.1) is 5.82 Å². The molecule has 144 valence electrons. The van der Waals surface area contributed by atoms with Crippen LogP contribution in [0.1, 0.15) is 36.0 Å². The number of nitrogens with one attached hydrogen (secondary N) is 2. The van der Waals surface area contributed by atoms with Crippen molar-refractivity contribution < 1.29 is 9.18 Å². The van der Waals surface area contributed by atoms with Crippen molar-refractivity contribution in [2.24, 2.45) is 0 Å². The van der Waals surface area contributed by atoms with E-state index in [9.17, 15) is 9.18 Å². The quantitative estimate of drug-likeness (QED) is 0.637. The van der Waals surface area contributed by atoms with Crippen molar-refractivity contribution in [2.75, 3.05) is 5.32 Å². The van der Waals surface area contributed by atoms with Gasteiger partial charge in [-0.1, -0.05) is 29.8 Å². The molecule has 1 aliphatic carbocycles. The number of para-hydroxylation sites is 1. The molecule has 1 heterocycles. The van der Waals surface area contributed by atoms with Crippen LogP contribution in [-0.4, -0.2) is 23.0 Å². The number of fused-ring (bicyclic) bond motifs is 1. The van der Waals surface area contributed by atoms with Gasteiger partial charge in [0.2, 0.25) is 0 Å². The summed E-state index contributed by atoms with van der Waals surface area (Å²) in [6.45, 7) is 0. The molecule has 0 bridgehead atoms. The van der Waals surface area contributed by atoms with E-state index in [0.29, 0.717) is 11.6 Å². The number of hydrogen-bond acceptors (Lipinski definition) is 3. The van der Waals surface area contributed by atoms with Crippen molar-refractivity contribution >= 4 is 34.2 Å². The van der Waals surface area contributed by atoms with Crippen molar-refractivity contribution in [2.45, 2.75) is 37.8 Å². The Bertz CT molecular complexity index is 1000. The van der Waals surface area contributed by atoms with Crippen LogP contribution in [0.25, 0.3) is 10.9 Å². The van der Waals surface area contributed by atoms with Crippen molar-refractivity contribution in [3.05, 3.63) is 71.0 Å². The van der Waals surface area contributed by atoms with Gasteiger partial charge in [-0.15, -0.1) is 0 Å². The van der Waals surface area contributed by atoms with E-state index in [2.05, 4.69) is 21.7 Å². The molecule has 1 fully saturated rings. The van der Waals surface area contributed by atoms with Gasteiger partial charge in [0.25, 0.3) is 5.91 Å². The van der Waals surface area contributed by atoms with Gasteiger partial charge in [-0.05, 0) is 62.1 Å². The van der Waals surface area contributed by atoms with Crippen LogP contribution >= 0.6 is 11.6 Å². The van der Waals surface area contributed by atoms with Crippen LogP contribution in [0.15, 0.2) is 54.6 Å². The van der Waals surface area contributed by atoms with Gasteiger partial charge in [0.15, 0.2) is 0 Å². The molecule has 0 aliphatic heterocycles. The van der Waals surface area contributed by atoms with E-state index in [4.69, 9.17) is 11.6 Å².